The van der Waals surface area contributed by atoms with E-state index in [1.54, 1.807) is 12.1 Å². The molecule has 1 aliphatic heterocycles. The van der Waals surface area contributed by atoms with Crippen molar-refractivity contribution in [2.45, 2.75) is 19.8 Å². The Balaban J connectivity index is 2.17. The zero-order valence-electron chi connectivity index (χ0n) is 12.8. The summed E-state index contributed by atoms with van der Waals surface area (Å²) in [6.07, 6.45) is 1.20. The maximum atomic E-state index is 11.4. The summed E-state index contributed by atoms with van der Waals surface area (Å²) in [4.78, 5) is 24.0. The first kappa shape index (κ1) is 17.4. The van der Waals surface area contributed by atoms with E-state index in [4.69, 9.17) is 5.14 Å². The smallest absolute Gasteiger partial charge is 0.293 e. The van der Waals surface area contributed by atoms with Gasteiger partial charge in [0.05, 0.1) is 10.7 Å². The molecule has 1 fully saturated rings. The van der Waals surface area contributed by atoms with Crippen LogP contribution in [0, 0.1) is 16.0 Å². The van der Waals surface area contributed by atoms with E-state index in [1.807, 2.05) is 4.90 Å². The van der Waals surface area contributed by atoms with Gasteiger partial charge in [0, 0.05) is 24.7 Å². The fourth-order valence-electron chi connectivity index (χ4n) is 2.83. The van der Waals surface area contributed by atoms with Crippen molar-refractivity contribution in [1.82, 2.24) is 0 Å². The fraction of sp³-hybridized carbons (Fsp3) is 0.500. The van der Waals surface area contributed by atoms with Crippen molar-refractivity contribution < 1.29 is 18.1 Å². The number of sulfonamides is 1. The number of hydrogen-bond donors (Lipinski definition) is 1. The standard InChI is InChI=1S/C14H19N3O5S/c1-10(18)12-2-3-13(14(8-12)17(19)20)16-6-4-11(5-7-16)9-23(15,21)22/h2-3,8,11H,4-7,9H2,1H3,(H2,15,21,22). The fourth-order valence-corrected chi connectivity index (χ4v) is 3.82. The highest BCUT2D eigenvalue weighted by Crippen LogP contribution is 2.32. The summed E-state index contributed by atoms with van der Waals surface area (Å²) in [6.45, 7) is 2.39. The van der Waals surface area contributed by atoms with Gasteiger partial charge in [0.2, 0.25) is 10.0 Å². The van der Waals surface area contributed by atoms with Crippen LogP contribution in [-0.4, -0.2) is 38.0 Å². The molecule has 0 unspecified atom stereocenters. The van der Waals surface area contributed by atoms with Crippen LogP contribution < -0.4 is 10.0 Å². The van der Waals surface area contributed by atoms with Gasteiger partial charge in [-0.05, 0) is 37.8 Å². The summed E-state index contributed by atoms with van der Waals surface area (Å²) in [5.41, 5.74) is 0.640. The lowest BCUT2D eigenvalue weighted by Gasteiger charge is -2.32. The Morgan fingerprint density at radius 1 is 1.39 bits per heavy atom. The number of rotatable bonds is 5. The SMILES string of the molecule is CC(=O)c1ccc(N2CCC(CS(N)(=O)=O)CC2)c([N+](=O)[O-])c1. The molecule has 0 aliphatic carbocycles. The molecule has 0 radical (unpaired) electrons. The third-order valence-electron chi connectivity index (χ3n) is 4.00. The van der Waals surface area contributed by atoms with Crippen molar-refractivity contribution in [3.8, 4) is 0 Å². The maximum absolute atomic E-state index is 11.4. The second-order valence-electron chi connectivity index (χ2n) is 5.78. The number of ketones is 1. The van der Waals surface area contributed by atoms with Crippen molar-refractivity contribution in [3.63, 3.8) is 0 Å². The zero-order chi connectivity index (χ0) is 17.2. The Morgan fingerprint density at radius 2 is 2.00 bits per heavy atom. The lowest BCUT2D eigenvalue weighted by atomic mass is 9.98. The highest BCUT2D eigenvalue weighted by atomic mass is 32.2. The number of primary sulfonamides is 1. The summed E-state index contributed by atoms with van der Waals surface area (Å²) in [7, 11) is -3.51. The van der Waals surface area contributed by atoms with Crippen LogP contribution in [0.4, 0.5) is 11.4 Å². The first-order chi connectivity index (χ1) is 10.7. The number of benzene rings is 1. The Morgan fingerprint density at radius 3 is 2.48 bits per heavy atom. The van der Waals surface area contributed by atoms with Crippen LogP contribution in [0.2, 0.25) is 0 Å². The summed E-state index contributed by atoms with van der Waals surface area (Å²) in [5, 5.41) is 16.3. The van der Waals surface area contributed by atoms with Crippen LogP contribution in [0.15, 0.2) is 18.2 Å². The lowest BCUT2D eigenvalue weighted by Crippen LogP contribution is -2.37. The molecule has 1 aromatic rings. The monoisotopic (exact) mass is 341 g/mol. The molecule has 0 spiro atoms. The maximum Gasteiger partial charge on any atom is 0.293 e. The molecule has 1 heterocycles. The van der Waals surface area contributed by atoms with E-state index in [9.17, 15) is 23.3 Å². The van der Waals surface area contributed by atoms with Crippen LogP contribution in [0.3, 0.4) is 0 Å². The van der Waals surface area contributed by atoms with Gasteiger partial charge < -0.3 is 4.90 Å². The largest absolute Gasteiger partial charge is 0.366 e. The molecule has 0 aromatic heterocycles. The molecule has 0 amide bonds. The average molecular weight is 341 g/mol. The van der Waals surface area contributed by atoms with Crippen LogP contribution in [0.1, 0.15) is 30.1 Å². The summed E-state index contributed by atoms with van der Waals surface area (Å²) >= 11 is 0. The first-order valence-corrected chi connectivity index (χ1v) is 8.93. The molecule has 9 heteroatoms. The van der Waals surface area contributed by atoms with Crippen molar-refractivity contribution in [2.24, 2.45) is 11.1 Å². The van der Waals surface area contributed by atoms with Gasteiger partial charge in [0.1, 0.15) is 5.69 Å². The highest BCUT2D eigenvalue weighted by Gasteiger charge is 2.27. The Bertz CT molecular complexity index is 724. The Kier molecular flexibility index (Phi) is 5.00. The van der Waals surface area contributed by atoms with Crippen molar-refractivity contribution in [3.05, 3.63) is 33.9 Å². The third kappa shape index (κ3) is 4.49. The molecule has 0 atom stereocenters. The van der Waals surface area contributed by atoms with Gasteiger partial charge in [-0.1, -0.05) is 0 Å². The normalized spacial score (nSPS) is 16.3. The van der Waals surface area contributed by atoms with E-state index in [1.165, 1.54) is 13.0 Å². The Hall–Kier alpha value is -2.00. The van der Waals surface area contributed by atoms with Gasteiger partial charge in [-0.3, -0.25) is 14.9 Å². The summed E-state index contributed by atoms with van der Waals surface area (Å²) in [6, 6.07) is 4.43. The molecule has 0 bridgehead atoms. The molecule has 1 saturated heterocycles. The van der Waals surface area contributed by atoms with Gasteiger partial charge in [-0.2, -0.15) is 0 Å². The number of nitro groups is 1. The first-order valence-electron chi connectivity index (χ1n) is 7.22. The van der Waals surface area contributed by atoms with Gasteiger partial charge in [0.15, 0.2) is 5.78 Å². The number of Topliss-reactive ketones (excluding diaryl/α,β-unsaturated/α-hetero) is 1. The van der Waals surface area contributed by atoms with Crippen LogP contribution in [0.25, 0.3) is 0 Å². The van der Waals surface area contributed by atoms with E-state index < -0.39 is 14.9 Å². The van der Waals surface area contributed by atoms with Crippen molar-refractivity contribution in [2.75, 3.05) is 23.7 Å². The van der Waals surface area contributed by atoms with E-state index in [0.717, 1.165) is 0 Å². The molecule has 2 rings (SSSR count). The van der Waals surface area contributed by atoms with E-state index in [-0.39, 0.29) is 23.1 Å². The van der Waals surface area contributed by atoms with Gasteiger partial charge in [0.25, 0.3) is 5.69 Å². The van der Waals surface area contributed by atoms with Gasteiger partial charge >= 0.3 is 0 Å². The van der Waals surface area contributed by atoms with Gasteiger partial charge in [-0.15, -0.1) is 0 Å². The quantitative estimate of drug-likeness (QED) is 0.489. The van der Waals surface area contributed by atoms with Crippen LogP contribution in [0.5, 0.6) is 0 Å². The summed E-state index contributed by atoms with van der Waals surface area (Å²) in [5.74, 6) is -0.324. The average Bonchev–Trinajstić information content (AvgIpc) is 2.45. The highest BCUT2D eigenvalue weighted by molar-refractivity contribution is 7.89. The van der Waals surface area contributed by atoms with Crippen LogP contribution in [-0.2, 0) is 10.0 Å². The predicted molar refractivity (Wildman–Crippen MR) is 86.0 cm³/mol. The molecule has 8 nitrogen and oxygen atoms in total. The number of piperidine rings is 1. The molecular weight excluding hydrogens is 322 g/mol. The van der Waals surface area contributed by atoms with E-state index in [0.29, 0.717) is 37.2 Å². The number of carbonyl (C=O) groups excluding carboxylic acids is 1. The van der Waals surface area contributed by atoms with E-state index in [2.05, 4.69) is 0 Å². The number of anilines is 1. The van der Waals surface area contributed by atoms with Gasteiger partial charge in [-0.25, -0.2) is 13.6 Å². The Labute approximate surface area is 134 Å². The molecule has 2 N–H and O–H groups in total. The van der Waals surface area contributed by atoms with E-state index >= 15 is 0 Å². The van der Waals surface area contributed by atoms with Crippen molar-refractivity contribution in [1.29, 1.82) is 0 Å². The minimum absolute atomic E-state index is 0.0307. The number of nitro benzene ring substituents is 1. The lowest BCUT2D eigenvalue weighted by molar-refractivity contribution is -0.384. The number of nitrogens with two attached hydrogens (primary N) is 1. The second kappa shape index (κ2) is 6.63. The molecule has 1 aromatic carbocycles. The van der Waals surface area contributed by atoms with Crippen molar-refractivity contribution >= 4 is 27.2 Å². The number of carbonyl (C=O) groups is 1. The third-order valence-corrected chi connectivity index (χ3v) is 4.94. The molecule has 126 valence electrons. The minimum atomic E-state index is -3.51. The number of hydrogen-bond acceptors (Lipinski definition) is 6. The van der Waals surface area contributed by atoms with Crippen LogP contribution >= 0.6 is 0 Å². The topological polar surface area (TPSA) is 124 Å². The predicted octanol–water partition coefficient (Wildman–Crippen LogP) is 1.30. The zero-order valence-corrected chi connectivity index (χ0v) is 13.6. The second-order valence-corrected chi connectivity index (χ2v) is 7.44. The minimum Gasteiger partial charge on any atom is -0.366 e. The summed E-state index contributed by atoms with van der Waals surface area (Å²) < 4.78 is 22.3. The molecular formula is C14H19N3O5S. The molecule has 23 heavy (non-hydrogen) atoms. The molecule has 0 saturated carbocycles. The number of nitrogens with zero attached hydrogens (tertiary/aromatic N) is 2. The molecule has 1 aliphatic rings.